The standard InChI is InChI=1S/C9H15N3O2/c1-6(2)11-8(13)4-10-9-12-7(3)5-14-9/h5-6H,4H2,1-3H3,(H,10,12)(H,11,13). The Morgan fingerprint density at radius 2 is 2.36 bits per heavy atom. The van der Waals surface area contributed by atoms with Crippen molar-refractivity contribution in [2.45, 2.75) is 26.8 Å². The molecule has 0 saturated carbocycles. The number of hydrogen-bond acceptors (Lipinski definition) is 4. The summed E-state index contributed by atoms with van der Waals surface area (Å²) in [6, 6.07) is 0.525. The lowest BCUT2D eigenvalue weighted by molar-refractivity contribution is -0.119. The zero-order valence-corrected chi connectivity index (χ0v) is 8.63. The van der Waals surface area contributed by atoms with E-state index in [4.69, 9.17) is 4.42 Å². The lowest BCUT2D eigenvalue weighted by Gasteiger charge is -2.07. The third-order valence-corrected chi connectivity index (χ3v) is 1.47. The summed E-state index contributed by atoms with van der Waals surface area (Å²) in [6.07, 6.45) is 1.53. The highest BCUT2D eigenvalue weighted by atomic mass is 16.4. The van der Waals surface area contributed by atoms with Crippen LogP contribution in [0.5, 0.6) is 0 Å². The van der Waals surface area contributed by atoms with Crippen molar-refractivity contribution in [1.82, 2.24) is 10.3 Å². The third kappa shape index (κ3) is 3.47. The summed E-state index contributed by atoms with van der Waals surface area (Å²) < 4.78 is 5.02. The van der Waals surface area contributed by atoms with Crippen molar-refractivity contribution in [3.05, 3.63) is 12.0 Å². The Bertz CT molecular complexity index is 307. The average molecular weight is 197 g/mol. The van der Waals surface area contributed by atoms with Gasteiger partial charge in [-0.05, 0) is 20.8 Å². The minimum Gasteiger partial charge on any atom is -0.432 e. The first-order chi connectivity index (χ1) is 6.58. The summed E-state index contributed by atoms with van der Waals surface area (Å²) in [6.45, 7) is 5.82. The SMILES string of the molecule is Cc1coc(NCC(=O)NC(C)C)n1. The molecule has 1 heterocycles. The predicted molar refractivity (Wildman–Crippen MR) is 53.0 cm³/mol. The predicted octanol–water partition coefficient (Wildman–Crippen LogP) is 0.920. The number of nitrogens with one attached hydrogen (secondary N) is 2. The highest BCUT2D eigenvalue weighted by Gasteiger charge is 2.04. The Kier molecular flexibility index (Phi) is 3.50. The van der Waals surface area contributed by atoms with Crippen molar-refractivity contribution in [1.29, 1.82) is 0 Å². The molecule has 1 aromatic heterocycles. The molecule has 0 radical (unpaired) electrons. The van der Waals surface area contributed by atoms with E-state index in [2.05, 4.69) is 15.6 Å². The van der Waals surface area contributed by atoms with Crippen LogP contribution in [0.4, 0.5) is 6.01 Å². The molecule has 0 aromatic carbocycles. The van der Waals surface area contributed by atoms with Crippen LogP contribution in [0.2, 0.25) is 0 Å². The summed E-state index contributed by atoms with van der Waals surface area (Å²) in [5.74, 6) is -0.0733. The molecule has 78 valence electrons. The largest absolute Gasteiger partial charge is 0.432 e. The Labute approximate surface area is 82.9 Å². The van der Waals surface area contributed by atoms with Gasteiger partial charge in [0.05, 0.1) is 12.2 Å². The molecule has 1 rings (SSSR count). The number of carbonyl (C=O) groups is 1. The number of hydrogen-bond donors (Lipinski definition) is 2. The van der Waals surface area contributed by atoms with Crippen molar-refractivity contribution >= 4 is 11.9 Å². The lowest BCUT2D eigenvalue weighted by Crippen LogP contribution is -2.34. The number of aryl methyl sites for hydroxylation is 1. The average Bonchev–Trinajstić information content (AvgIpc) is 2.47. The maximum atomic E-state index is 11.2. The topological polar surface area (TPSA) is 67.2 Å². The van der Waals surface area contributed by atoms with Gasteiger partial charge < -0.3 is 15.1 Å². The fourth-order valence-electron chi connectivity index (χ4n) is 0.964. The molecule has 0 saturated heterocycles. The first-order valence-electron chi connectivity index (χ1n) is 4.53. The van der Waals surface area contributed by atoms with Gasteiger partial charge in [-0.15, -0.1) is 0 Å². The molecule has 0 fully saturated rings. The lowest BCUT2D eigenvalue weighted by atomic mass is 10.4. The molecule has 14 heavy (non-hydrogen) atoms. The number of aromatic nitrogens is 1. The van der Waals surface area contributed by atoms with Crippen LogP contribution < -0.4 is 10.6 Å². The summed E-state index contributed by atoms with van der Waals surface area (Å²) in [7, 11) is 0. The van der Waals surface area contributed by atoms with Gasteiger partial charge in [-0.3, -0.25) is 4.79 Å². The van der Waals surface area contributed by atoms with Crippen LogP contribution >= 0.6 is 0 Å². The second kappa shape index (κ2) is 4.64. The minimum atomic E-state index is -0.0733. The molecule has 0 aliphatic heterocycles. The van der Waals surface area contributed by atoms with Gasteiger partial charge in [0.1, 0.15) is 6.26 Å². The molecule has 0 atom stereocenters. The maximum absolute atomic E-state index is 11.2. The fraction of sp³-hybridized carbons (Fsp3) is 0.556. The molecule has 0 bridgehead atoms. The zero-order chi connectivity index (χ0) is 10.6. The van der Waals surface area contributed by atoms with Crippen LogP contribution in [0.15, 0.2) is 10.7 Å². The molecule has 2 N–H and O–H groups in total. The van der Waals surface area contributed by atoms with Crippen LogP contribution in [-0.2, 0) is 4.79 Å². The number of rotatable bonds is 4. The fourth-order valence-corrected chi connectivity index (χ4v) is 0.964. The first-order valence-corrected chi connectivity index (χ1v) is 4.53. The van der Waals surface area contributed by atoms with Crippen LogP contribution in [0.3, 0.4) is 0 Å². The van der Waals surface area contributed by atoms with Gasteiger partial charge in [0.25, 0.3) is 6.01 Å². The number of carbonyl (C=O) groups excluding carboxylic acids is 1. The van der Waals surface area contributed by atoms with E-state index in [9.17, 15) is 4.79 Å². The molecule has 1 aromatic rings. The highest BCUT2D eigenvalue weighted by molar-refractivity contribution is 5.80. The van der Waals surface area contributed by atoms with Gasteiger partial charge in [0, 0.05) is 6.04 Å². The van der Waals surface area contributed by atoms with Gasteiger partial charge in [0.2, 0.25) is 5.91 Å². The molecule has 0 unspecified atom stereocenters. The maximum Gasteiger partial charge on any atom is 0.295 e. The molecule has 1 amide bonds. The van der Waals surface area contributed by atoms with E-state index < -0.39 is 0 Å². The minimum absolute atomic E-state index is 0.0733. The summed E-state index contributed by atoms with van der Waals surface area (Å²) in [4.78, 5) is 15.2. The van der Waals surface area contributed by atoms with E-state index in [1.165, 1.54) is 6.26 Å². The summed E-state index contributed by atoms with van der Waals surface area (Å²) in [5.41, 5.74) is 0.789. The van der Waals surface area contributed by atoms with E-state index in [0.29, 0.717) is 6.01 Å². The molecular formula is C9H15N3O2. The molecule has 0 aliphatic carbocycles. The first kappa shape index (κ1) is 10.6. The highest BCUT2D eigenvalue weighted by Crippen LogP contribution is 2.04. The van der Waals surface area contributed by atoms with Crippen LogP contribution in [0.1, 0.15) is 19.5 Å². The Morgan fingerprint density at radius 1 is 1.64 bits per heavy atom. The number of nitrogens with zero attached hydrogens (tertiary/aromatic N) is 1. The monoisotopic (exact) mass is 197 g/mol. The Morgan fingerprint density at radius 3 is 2.86 bits per heavy atom. The molecule has 0 spiro atoms. The normalized spacial score (nSPS) is 10.3. The second-order valence-corrected chi connectivity index (χ2v) is 3.37. The van der Waals surface area contributed by atoms with Gasteiger partial charge in [-0.1, -0.05) is 0 Å². The molecule has 5 nitrogen and oxygen atoms in total. The third-order valence-electron chi connectivity index (χ3n) is 1.47. The number of anilines is 1. The van der Waals surface area contributed by atoms with E-state index in [-0.39, 0.29) is 18.5 Å². The molecule has 5 heteroatoms. The number of oxazole rings is 1. The van der Waals surface area contributed by atoms with E-state index in [1.54, 1.807) is 0 Å². The van der Waals surface area contributed by atoms with Crippen LogP contribution in [0.25, 0.3) is 0 Å². The van der Waals surface area contributed by atoms with E-state index in [1.807, 2.05) is 20.8 Å². The number of amides is 1. The Hall–Kier alpha value is -1.52. The van der Waals surface area contributed by atoms with Crippen molar-refractivity contribution in [2.75, 3.05) is 11.9 Å². The van der Waals surface area contributed by atoms with Gasteiger partial charge >= 0.3 is 0 Å². The van der Waals surface area contributed by atoms with Crippen molar-refractivity contribution in [3.63, 3.8) is 0 Å². The summed E-state index contributed by atoms with van der Waals surface area (Å²) >= 11 is 0. The van der Waals surface area contributed by atoms with Crippen LogP contribution in [-0.4, -0.2) is 23.5 Å². The van der Waals surface area contributed by atoms with Gasteiger partial charge in [-0.2, -0.15) is 4.98 Å². The van der Waals surface area contributed by atoms with E-state index >= 15 is 0 Å². The second-order valence-electron chi connectivity index (χ2n) is 3.37. The molecular weight excluding hydrogens is 182 g/mol. The Balaban J connectivity index is 2.30. The van der Waals surface area contributed by atoms with Gasteiger partial charge in [0.15, 0.2) is 0 Å². The quantitative estimate of drug-likeness (QED) is 0.753. The van der Waals surface area contributed by atoms with Crippen molar-refractivity contribution in [3.8, 4) is 0 Å². The van der Waals surface area contributed by atoms with Crippen molar-refractivity contribution in [2.24, 2.45) is 0 Å². The van der Waals surface area contributed by atoms with Crippen molar-refractivity contribution < 1.29 is 9.21 Å². The van der Waals surface area contributed by atoms with Crippen LogP contribution in [0, 0.1) is 6.92 Å². The summed E-state index contributed by atoms with van der Waals surface area (Å²) in [5, 5.41) is 5.53. The molecule has 0 aliphatic rings. The smallest absolute Gasteiger partial charge is 0.295 e. The zero-order valence-electron chi connectivity index (χ0n) is 8.63. The van der Waals surface area contributed by atoms with E-state index in [0.717, 1.165) is 5.69 Å². The van der Waals surface area contributed by atoms with Gasteiger partial charge in [-0.25, -0.2) is 0 Å².